The van der Waals surface area contributed by atoms with Crippen molar-refractivity contribution in [1.29, 1.82) is 0 Å². The van der Waals surface area contributed by atoms with E-state index in [1.54, 1.807) is 18.4 Å². The fourth-order valence-electron chi connectivity index (χ4n) is 2.55. The molecule has 3 aromatic rings. The number of ether oxygens (including phenoxy) is 1. The topological polar surface area (TPSA) is 51.4 Å². The Morgan fingerprint density at radius 1 is 1.12 bits per heavy atom. The van der Waals surface area contributed by atoms with E-state index < -0.39 is 0 Å². The maximum atomic E-state index is 5.48. The fourth-order valence-corrected chi connectivity index (χ4v) is 3.30. The van der Waals surface area contributed by atoms with E-state index in [0.29, 0.717) is 12.4 Å². The molecular formula is C18H21N3O2S. The van der Waals surface area contributed by atoms with Crippen molar-refractivity contribution in [2.75, 3.05) is 7.11 Å². The molecule has 0 saturated heterocycles. The maximum Gasteiger partial charge on any atom is 0.240 e. The molecule has 0 aliphatic carbocycles. The van der Waals surface area contributed by atoms with Crippen molar-refractivity contribution in [2.24, 2.45) is 0 Å². The van der Waals surface area contributed by atoms with Crippen LogP contribution >= 0.6 is 11.3 Å². The van der Waals surface area contributed by atoms with Crippen molar-refractivity contribution < 1.29 is 9.26 Å². The van der Waals surface area contributed by atoms with Gasteiger partial charge < -0.3 is 9.26 Å². The molecule has 0 aliphatic heterocycles. The third kappa shape index (κ3) is 4.21. The maximum absolute atomic E-state index is 5.48. The van der Waals surface area contributed by atoms with Crippen molar-refractivity contribution in [3.05, 3.63) is 63.9 Å². The predicted octanol–water partition coefficient (Wildman–Crippen LogP) is 3.90. The van der Waals surface area contributed by atoms with Crippen LogP contribution in [-0.4, -0.2) is 22.2 Å². The van der Waals surface area contributed by atoms with Crippen LogP contribution in [0.5, 0.6) is 5.75 Å². The second-order valence-electron chi connectivity index (χ2n) is 5.49. The minimum absolute atomic E-state index is 0.614. The average molecular weight is 343 g/mol. The van der Waals surface area contributed by atoms with E-state index in [-0.39, 0.29) is 0 Å². The molecule has 0 bridgehead atoms. The summed E-state index contributed by atoms with van der Waals surface area (Å²) in [5, 5.41) is 6.09. The minimum Gasteiger partial charge on any atom is -0.496 e. The van der Waals surface area contributed by atoms with Crippen LogP contribution in [0.1, 0.15) is 29.1 Å². The summed E-state index contributed by atoms with van der Waals surface area (Å²) in [5.41, 5.74) is 1.15. The Labute approximate surface area is 145 Å². The van der Waals surface area contributed by atoms with Crippen LogP contribution in [0.25, 0.3) is 0 Å². The molecular weight excluding hydrogens is 322 g/mol. The Hall–Kier alpha value is -2.18. The lowest BCUT2D eigenvalue weighted by molar-refractivity contribution is 0.210. The summed E-state index contributed by atoms with van der Waals surface area (Å²) in [6.07, 6.45) is 0.779. The third-order valence-corrected chi connectivity index (χ3v) is 4.59. The molecule has 0 fully saturated rings. The first-order valence-corrected chi connectivity index (χ1v) is 8.84. The van der Waals surface area contributed by atoms with Gasteiger partial charge in [0.05, 0.1) is 13.7 Å². The number of rotatable bonds is 8. The van der Waals surface area contributed by atoms with Gasteiger partial charge in [0.15, 0.2) is 5.82 Å². The Bertz CT molecular complexity index is 755. The molecule has 0 spiro atoms. The molecule has 1 aromatic carbocycles. The molecule has 6 heteroatoms. The second-order valence-corrected chi connectivity index (χ2v) is 6.53. The van der Waals surface area contributed by atoms with E-state index in [1.807, 2.05) is 25.1 Å². The summed E-state index contributed by atoms with van der Waals surface area (Å²) in [6, 6.07) is 12.3. The molecule has 0 amide bonds. The Balaban J connectivity index is 1.78. The molecule has 0 unspecified atom stereocenters. The van der Waals surface area contributed by atoms with Crippen molar-refractivity contribution >= 4 is 11.3 Å². The monoisotopic (exact) mass is 343 g/mol. The van der Waals surface area contributed by atoms with Crippen LogP contribution in [0.4, 0.5) is 0 Å². The van der Waals surface area contributed by atoms with Gasteiger partial charge >= 0.3 is 0 Å². The van der Waals surface area contributed by atoms with E-state index in [4.69, 9.17) is 9.26 Å². The van der Waals surface area contributed by atoms with Gasteiger partial charge in [-0.05, 0) is 17.5 Å². The Morgan fingerprint density at radius 2 is 2.00 bits per heavy atom. The zero-order valence-electron chi connectivity index (χ0n) is 13.9. The number of nitrogens with zero attached hydrogens (tertiary/aromatic N) is 3. The predicted molar refractivity (Wildman–Crippen MR) is 93.9 cm³/mol. The van der Waals surface area contributed by atoms with Gasteiger partial charge in [0.2, 0.25) is 5.89 Å². The number of para-hydroxylation sites is 1. The van der Waals surface area contributed by atoms with Crippen molar-refractivity contribution in [3.8, 4) is 5.75 Å². The van der Waals surface area contributed by atoms with Crippen LogP contribution in [0, 0.1) is 0 Å². The number of hydrogen-bond acceptors (Lipinski definition) is 6. The summed E-state index contributed by atoms with van der Waals surface area (Å²) in [7, 11) is 1.70. The standard InChI is InChI=1S/C18H21N3O2S/c1-3-17-19-18(23-20-17)13-21(12-15-8-6-10-24-15)11-14-7-4-5-9-16(14)22-2/h4-10H,3,11-13H2,1-2H3. The van der Waals surface area contributed by atoms with Crippen LogP contribution in [-0.2, 0) is 26.1 Å². The molecule has 0 atom stereocenters. The fraction of sp³-hybridized carbons (Fsp3) is 0.333. The quantitative estimate of drug-likeness (QED) is 0.621. The number of aromatic nitrogens is 2. The van der Waals surface area contributed by atoms with Gasteiger partial charge in [-0.3, -0.25) is 4.90 Å². The lowest BCUT2D eigenvalue weighted by atomic mass is 10.2. The summed E-state index contributed by atoms with van der Waals surface area (Å²) < 4.78 is 10.8. The van der Waals surface area contributed by atoms with Crippen LogP contribution in [0.3, 0.4) is 0 Å². The van der Waals surface area contributed by atoms with E-state index in [0.717, 1.165) is 36.6 Å². The summed E-state index contributed by atoms with van der Waals surface area (Å²) in [6.45, 7) is 4.22. The largest absolute Gasteiger partial charge is 0.496 e. The lowest BCUT2D eigenvalue weighted by Gasteiger charge is -2.21. The van der Waals surface area contributed by atoms with Gasteiger partial charge in [-0.1, -0.05) is 36.3 Å². The third-order valence-electron chi connectivity index (χ3n) is 3.73. The smallest absolute Gasteiger partial charge is 0.240 e. The molecule has 126 valence electrons. The number of methoxy groups -OCH3 is 1. The highest BCUT2D eigenvalue weighted by molar-refractivity contribution is 7.09. The molecule has 3 rings (SSSR count). The zero-order valence-corrected chi connectivity index (χ0v) is 14.8. The lowest BCUT2D eigenvalue weighted by Crippen LogP contribution is -2.22. The molecule has 0 radical (unpaired) electrons. The number of hydrogen-bond donors (Lipinski definition) is 0. The second kappa shape index (κ2) is 8.08. The Kier molecular flexibility index (Phi) is 5.61. The molecule has 5 nitrogen and oxygen atoms in total. The summed E-state index contributed by atoms with van der Waals surface area (Å²) in [4.78, 5) is 8.03. The van der Waals surface area contributed by atoms with Crippen LogP contribution in [0.2, 0.25) is 0 Å². The van der Waals surface area contributed by atoms with Gasteiger partial charge in [0.1, 0.15) is 5.75 Å². The van der Waals surface area contributed by atoms with E-state index >= 15 is 0 Å². The average Bonchev–Trinajstić information content (AvgIpc) is 3.27. The highest BCUT2D eigenvalue weighted by atomic mass is 32.1. The normalized spacial score (nSPS) is 11.1. The van der Waals surface area contributed by atoms with Gasteiger partial charge in [0, 0.05) is 30.0 Å². The first-order chi connectivity index (χ1) is 11.8. The van der Waals surface area contributed by atoms with E-state index in [1.165, 1.54) is 4.88 Å². The number of thiophene rings is 1. The zero-order chi connectivity index (χ0) is 16.8. The van der Waals surface area contributed by atoms with Gasteiger partial charge in [-0.25, -0.2) is 0 Å². The minimum atomic E-state index is 0.614. The molecule has 2 heterocycles. The summed E-state index contributed by atoms with van der Waals surface area (Å²) >= 11 is 1.75. The first-order valence-electron chi connectivity index (χ1n) is 7.96. The SMILES string of the molecule is CCc1noc(CN(Cc2cccs2)Cc2ccccc2OC)n1. The van der Waals surface area contributed by atoms with Crippen LogP contribution < -0.4 is 4.74 Å². The van der Waals surface area contributed by atoms with Crippen molar-refractivity contribution in [2.45, 2.75) is 33.0 Å². The molecule has 2 aromatic heterocycles. The van der Waals surface area contributed by atoms with Crippen LogP contribution in [0.15, 0.2) is 46.3 Å². The summed E-state index contributed by atoms with van der Waals surface area (Å²) in [5.74, 6) is 2.30. The van der Waals surface area contributed by atoms with Gasteiger partial charge in [-0.15, -0.1) is 11.3 Å². The molecule has 24 heavy (non-hydrogen) atoms. The molecule has 0 saturated carbocycles. The molecule has 0 aliphatic rings. The Morgan fingerprint density at radius 3 is 2.71 bits per heavy atom. The number of aryl methyl sites for hydroxylation is 1. The molecule has 0 N–H and O–H groups in total. The van der Waals surface area contributed by atoms with Crippen molar-refractivity contribution in [1.82, 2.24) is 15.0 Å². The highest BCUT2D eigenvalue weighted by Crippen LogP contribution is 2.22. The van der Waals surface area contributed by atoms with E-state index in [9.17, 15) is 0 Å². The van der Waals surface area contributed by atoms with Gasteiger partial charge in [-0.2, -0.15) is 4.98 Å². The highest BCUT2D eigenvalue weighted by Gasteiger charge is 2.15. The number of benzene rings is 1. The van der Waals surface area contributed by atoms with Crippen molar-refractivity contribution in [3.63, 3.8) is 0 Å². The van der Waals surface area contributed by atoms with E-state index in [2.05, 4.69) is 38.6 Å². The first kappa shape index (κ1) is 16.7. The van der Waals surface area contributed by atoms with Gasteiger partial charge in [0.25, 0.3) is 0 Å².